The van der Waals surface area contributed by atoms with Crippen molar-refractivity contribution in [3.63, 3.8) is 0 Å². The van der Waals surface area contributed by atoms with Gasteiger partial charge in [0.15, 0.2) is 0 Å². The number of nitrogen functional groups attached to an aromatic ring is 1. The highest BCUT2D eigenvalue weighted by Crippen LogP contribution is 2.36. The van der Waals surface area contributed by atoms with Crippen LogP contribution in [0.15, 0.2) is 131 Å². The first-order valence-electron chi connectivity index (χ1n) is 14.4. The number of nitrogens with zero attached hydrogens (tertiary/aromatic N) is 3. The molecule has 5 aromatic carbocycles. The Balaban J connectivity index is 1.30. The van der Waals surface area contributed by atoms with Gasteiger partial charge in [0.2, 0.25) is 0 Å². The van der Waals surface area contributed by atoms with Crippen LogP contribution >= 0.6 is 0 Å². The molecule has 0 radical (unpaired) electrons. The fourth-order valence-electron chi connectivity index (χ4n) is 5.52. The molecule has 0 aliphatic carbocycles. The summed E-state index contributed by atoms with van der Waals surface area (Å²) >= 11 is 0. The third-order valence-corrected chi connectivity index (χ3v) is 7.76. The number of nitrogens with two attached hydrogens (primary N) is 1. The molecule has 42 heavy (non-hydrogen) atoms. The predicted octanol–water partition coefficient (Wildman–Crippen LogP) is 7.85. The van der Waals surface area contributed by atoms with Crippen molar-refractivity contribution in [3.05, 3.63) is 143 Å². The van der Waals surface area contributed by atoms with E-state index in [2.05, 4.69) is 144 Å². The molecule has 0 unspecified atom stereocenters. The highest BCUT2D eigenvalue weighted by molar-refractivity contribution is 6.03. The van der Waals surface area contributed by atoms with Crippen molar-refractivity contribution >= 4 is 46.4 Å². The second kappa shape index (κ2) is 12.1. The van der Waals surface area contributed by atoms with Crippen molar-refractivity contribution < 1.29 is 0 Å². The Morgan fingerprint density at radius 3 is 2.14 bits per heavy atom. The number of benzene rings is 5. The Morgan fingerprint density at radius 2 is 1.50 bits per heavy atom. The zero-order chi connectivity index (χ0) is 28.9. The predicted molar refractivity (Wildman–Crippen MR) is 180 cm³/mol. The molecule has 0 spiro atoms. The van der Waals surface area contributed by atoms with E-state index in [9.17, 15) is 0 Å². The molecular weight excluding hydrogens is 512 g/mol. The number of hydrogen-bond acceptors (Lipinski definition) is 4. The molecule has 0 fully saturated rings. The Labute approximate surface area is 247 Å². The van der Waals surface area contributed by atoms with Crippen LogP contribution in [0.2, 0.25) is 0 Å². The smallest absolute Gasteiger partial charge is 0.0974 e. The molecule has 1 aliphatic rings. The van der Waals surface area contributed by atoms with Crippen LogP contribution in [0, 0.1) is 0 Å². The lowest BCUT2D eigenvalue weighted by atomic mass is 10.00. The van der Waals surface area contributed by atoms with Gasteiger partial charge in [-0.3, -0.25) is 9.98 Å². The number of rotatable bonds is 10. The first-order chi connectivity index (χ1) is 20.7. The van der Waals surface area contributed by atoms with E-state index in [1.54, 1.807) is 0 Å². The van der Waals surface area contributed by atoms with E-state index in [4.69, 9.17) is 5.73 Å². The standard InChI is InChI=1S/C38H34N4/c1-3-4-10-25-42(38-33-14-9-8-13-32(33)34-26-41-37(34)36(38)39)31-22-20-29(21-23-31)28-16-18-30(19-17-28)35(40-2)24-15-27-11-6-5-7-12-27/h4-14,16-24,26H,2-3,15,25,39H2,1H3/b10-4-,35-24-. The maximum atomic E-state index is 6.77. The largest absolute Gasteiger partial charge is 0.395 e. The minimum atomic E-state index is 0.714. The molecule has 0 bridgehead atoms. The topological polar surface area (TPSA) is 54.0 Å². The lowest BCUT2D eigenvalue weighted by Crippen LogP contribution is -2.36. The maximum absolute atomic E-state index is 6.77. The fraction of sp³-hybridized carbons (Fsp3) is 0.105. The normalized spacial score (nSPS) is 12.4. The summed E-state index contributed by atoms with van der Waals surface area (Å²) in [4.78, 5) is 11.1. The second-order valence-electron chi connectivity index (χ2n) is 10.4. The highest BCUT2D eigenvalue weighted by atomic mass is 15.1. The molecule has 2 N–H and O–H groups in total. The zero-order valence-corrected chi connectivity index (χ0v) is 23.9. The number of allylic oxidation sites excluding steroid dienone is 2. The molecule has 1 heterocycles. The summed E-state index contributed by atoms with van der Waals surface area (Å²) in [7, 11) is 0. The summed E-state index contributed by atoms with van der Waals surface area (Å²) in [6.45, 7) is 6.67. The van der Waals surface area contributed by atoms with Crippen LogP contribution in [0.1, 0.15) is 24.5 Å². The molecule has 0 saturated heterocycles. The van der Waals surface area contributed by atoms with Crippen LogP contribution < -0.4 is 21.2 Å². The summed E-state index contributed by atoms with van der Waals surface area (Å²) < 4.78 is 0. The molecule has 4 heteroatoms. The van der Waals surface area contributed by atoms with Gasteiger partial charge in [-0.25, -0.2) is 0 Å². The fourth-order valence-corrected chi connectivity index (χ4v) is 5.52. The second-order valence-corrected chi connectivity index (χ2v) is 10.4. The van der Waals surface area contributed by atoms with E-state index in [0.717, 1.165) is 68.3 Å². The van der Waals surface area contributed by atoms with Crippen molar-refractivity contribution in [2.45, 2.75) is 19.8 Å². The first-order valence-corrected chi connectivity index (χ1v) is 14.4. The van der Waals surface area contributed by atoms with Crippen LogP contribution in [0.5, 0.6) is 0 Å². The summed E-state index contributed by atoms with van der Waals surface area (Å²) in [5, 5.41) is 4.32. The van der Waals surface area contributed by atoms with Crippen LogP contribution in [-0.4, -0.2) is 13.3 Å². The van der Waals surface area contributed by atoms with Crippen LogP contribution in [0.4, 0.5) is 17.1 Å². The number of hydrogen-bond donors (Lipinski definition) is 1. The Morgan fingerprint density at radius 1 is 0.833 bits per heavy atom. The van der Waals surface area contributed by atoms with Crippen molar-refractivity contribution in [2.24, 2.45) is 9.98 Å². The maximum Gasteiger partial charge on any atom is 0.0974 e. The van der Waals surface area contributed by atoms with Gasteiger partial charge in [-0.1, -0.05) is 116 Å². The SMILES string of the molecule is C=N/C(=C\Cc1ccccc1)c1ccc(-c2ccc(N(C/C=C\CC)c3c(N)c4c(c5ccccc35)=CN=4)cc2)cc1. The van der Waals surface area contributed by atoms with Gasteiger partial charge in [-0.2, -0.15) is 0 Å². The molecule has 5 aromatic rings. The molecule has 0 atom stereocenters. The minimum Gasteiger partial charge on any atom is -0.395 e. The van der Waals surface area contributed by atoms with Gasteiger partial charge in [0.1, 0.15) is 0 Å². The van der Waals surface area contributed by atoms with E-state index in [-0.39, 0.29) is 0 Å². The third kappa shape index (κ3) is 5.27. The van der Waals surface area contributed by atoms with Gasteiger partial charge in [0.25, 0.3) is 0 Å². The van der Waals surface area contributed by atoms with E-state index >= 15 is 0 Å². The monoisotopic (exact) mass is 546 g/mol. The van der Waals surface area contributed by atoms with Gasteiger partial charge in [-0.15, -0.1) is 0 Å². The van der Waals surface area contributed by atoms with E-state index < -0.39 is 0 Å². The highest BCUT2D eigenvalue weighted by Gasteiger charge is 2.20. The van der Waals surface area contributed by atoms with Crippen LogP contribution in [0.25, 0.3) is 33.8 Å². The molecule has 206 valence electrons. The number of aliphatic imine (C=N–C) groups is 1. The van der Waals surface area contributed by atoms with Crippen molar-refractivity contribution in [1.82, 2.24) is 0 Å². The summed E-state index contributed by atoms with van der Waals surface area (Å²) in [6.07, 6.45) is 10.2. The van der Waals surface area contributed by atoms with Gasteiger partial charge in [0, 0.05) is 29.0 Å². The summed E-state index contributed by atoms with van der Waals surface area (Å²) in [5.41, 5.74) is 15.1. The minimum absolute atomic E-state index is 0.714. The van der Waals surface area contributed by atoms with Gasteiger partial charge in [-0.05, 0) is 59.3 Å². The molecule has 1 aliphatic heterocycles. The van der Waals surface area contributed by atoms with Gasteiger partial charge in [0.05, 0.1) is 22.4 Å². The average Bonchev–Trinajstić information content (AvgIpc) is 3.01. The van der Waals surface area contributed by atoms with Gasteiger partial charge < -0.3 is 10.6 Å². The van der Waals surface area contributed by atoms with Crippen molar-refractivity contribution in [2.75, 3.05) is 17.2 Å². The number of anilines is 3. The quantitative estimate of drug-likeness (QED) is 0.0839. The molecule has 6 rings (SSSR count). The average molecular weight is 547 g/mol. The number of fused-ring (bicyclic) bond motifs is 3. The van der Waals surface area contributed by atoms with Crippen molar-refractivity contribution in [1.29, 1.82) is 0 Å². The summed E-state index contributed by atoms with van der Waals surface area (Å²) in [6, 6.07) is 36.1. The van der Waals surface area contributed by atoms with Gasteiger partial charge >= 0.3 is 0 Å². The molecule has 0 amide bonds. The first kappa shape index (κ1) is 27.0. The van der Waals surface area contributed by atoms with Crippen molar-refractivity contribution in [3.8, 4) is 11.1 Å². The van der Waals surface area contributed by atoms with Crippen LogP contribution in [-0.2, 0) is 6.42 Å². The lowest BCUT2D eigenvalue weighted by molar-refractivity contribution is 1.08. The van der Waals surface area contributed by atoms with E-state index in [0.29, 0.717) is 6.54 Å². The summed E-state index contributed by atoms with van der Waals surface area (Å²) in [5.74, 6) is 0. The molecule has 4 nitrogen and oxygen atoms in total. The Bertz CT molecular complexity index is 1920. The Hall–Kier alpha value is -5.22. The molecular formula is C38H34N4. The van der Waals surface area contributed by atoms with E-state index in [1.807, 2.05) is 12.3 Å². The van der Waals surface area contributed by atoms with Crippen LogP contribution in [0.3, 0.4) is 0 Å². The molecule has 0 aromatic heterocycles. The molecule has 0 saturated carbocycles. The third-order valence-electron chi connectivity index (χ3n) is 7.76. The van der Waals surface area contributed by atoms with E-state index in [1.165, 1.54) is 10.9 Å². The Kier molecular flexibility index (Phi) is 7.78. The zero-order valence-electron chi connectivity index (χ0n) is 23.9. The lowest BCUT2D eigenvalue weighted by Gasteiger charge is -2.28.